The van der Waals surface area contributed by atoms with Gasteiger partial charge in [0.15, 0.2) is 0 Å². The van der Waals surface area contributed by atoms with Crippen molar-refractivity contribution in [1.29, 1.82) is 0 Å². The summed E-state index contributed by atoms with van der Waals surface area (Å²) in [6.07, 6.45) is 0.497. The van der Waals surface area contributed by atoms with Gasteiger partial charge in [-0.2, -0.15) is 0 Å². The molecule has 1 heterocycles. The van der Waals surface area contributed by atoms with Gasteiger partial charge >= 0.3 is 12.0 Å². The summed E-state index contributed by atoms with van der Waals surface area (Å²) in [7, 11) is 0. The first-order valence-electron chi connectivity index (χ1n) is 5.73. The third kappa shape index (κ3) is 4.75. The number of urea groups is 1. The Balaban J connectivity index is 2.33. The molecule has 0 saturated carbocycles. The van der Waals surface area contributed by atoms with Crippen LogP contribution in [0.15, 0.2) is 17.5 Å². The lowest BCUT2D eigenvalue weighted by Crippen LogP contribution is -2.46. The summed E-state index contributed by atoms with van der Waals surface area (Å²) in [6, 6.07) is 3.63. The van der Waals surface area contributed by atoms with Crippen LogP contribution in [0.2, 0.25) is 0 Å². The minimum Gasteiger partial charge on any atom is -0.481 e. The number of carboxylic acid groups (broad SMARTS) is 1. The van der Waals surface area contributed by atoms with Crippen molar-refractivity contribution in [3.05, 3.63) is 22.4 Å². The zero-order chi connectivity index (χ0) is 13.6. The fourth-order valence-electron chi connectivity index (χ4n) is 1.47. The lowest BCUT2D eigenvalue weighted by atomic mass is 10.0. The first-order chi connectivity index (χ1) is 8.42. The number of carboxylic acids is 1. The van der Waals surface area contributed by atoms with Gasteiger partial charge in [0.25, 0.3) is 0 Å². The van der Waals surface area contributed by atoms with Crippen LogP contribution in [0.3, 0.4) is 0 Å². The molecule has 0 spiro atoms. The average Bonchev–Trinajstić information content (AvgIpc) is 2.77. The van der Waals surface area contributed by atoms with E-state index in [9.17, 15) is 9.59 Å². The summed E-state index contributed by atoms with van der Waals surface area (Å²) in [5, 5.41) is 15.9. The third-order valence-corrected chi connectivity index (χ3v) is 3.61. The Hall–Kier alpha value is -1.56. The second-order valence-corrected chi connectivity index (χ2v) is 5.43. The van der Waals surface area contributed by atoms with E-state index in [0.29, 0.717) is 13.0 Å². The van der Waals surface area contributed by atoms with E-state index in [1.807, 2.05) is 31.4 Å². The van der Waals surface area contributed by atoms with Crippen LogP contribution in [0.1, 0.15) is 31.6 Å². The van der Waals surface area contributed by atoms with Crippen LogP contribution in [-0.4, -0.2) is 23.7 Å². The molecule has 0 aliphatic rings. The Morgan fingerprint density at radius 2 is 2.17 bits per heavy atom. The molecule has 18 heavy (non-hydrogen) atoms. The first kappa shape index (κ1) is 14.5. The highest BCUT2D eigenvalue weighted by atomic mass is 32.1. The molecule has 1 aromatic heterocycles. The molecule has 0 atom stereocenters. The van der Waals surface area contributed by atoms with Gasteiger partial charge in [0, 0.05) is 17.8 Å². The van der Waals surface area contributed by atoms with E-state index >= 15 is 0 Å². The van der Waals surface area contributed by atoms with Crippen molar-refractivity contribution in [2.24, 2.45) is 0 Å². The highest BCUT2D eigenvalue weighted by molar-refractivity contribution is 7.10. The summed E-state index contributed by atoms with van der Waals surface area (Å²) in [6.45, 7) is 4.21. The minimum absolute atomic E-state index is 0.0641. The fraction of sp³-hybridized carbons (Fsp3) is 0.500. The molecule has 3 N–H and O–H groups in total. The second kappa shape index (κ2) is 6.39. The molecule has 2 amide bonds. The van der Waals surface area contributed by atoms with Crippen molar-refractivity contribution in [1.82, 2.24) is 10.6 Å². The molecule has 0 fully saturated rings. The molecule has 0 radical (unpaired) electrons. The molecule has 100 valence electrons. The average molecular weight is 270 g/mol. The number of amides is 2. The Labute approximate surface area is 110 Å². The van der Waals surface area contributed by atoms with Crippen LogP contribution in [0.4, 0.5) is 4.79 Å². The number of aliphatic carboxylic acids is 1. The van der Waals surface area contributed by atoms with Crippen molar-refractivity contribution in [3.8, 4) is 0 Å². The highest BCUT2D eigenvalue weighted by Crippen LogP contribution is 2.24. The predicted octanol–water partition coefficient (Wildman–Crippen LogP) is 2.15. The van der Waals surface area contributed by atoms with Gasteiger partial charge in [0.05, 0.1) is 5.54 Å². The van der Waals surface area contributed by atoms with Crippen LogP contribution in [0.5, 0.6) is 0 Å². The molecule has 0 unspecified atom stereocenters. The minimum atomic E-state index is -0.851. The zero-order valence-corrected chi connectivity index (χ0v) is 11.3. The predicted molar refractivity (Wildman–Crippen MR) is 70.7 cm³/mol. The Morgan fingerprint density at radius 3 is 2.72 bits per heavy atom. The third-order valence-electron chi connectivity index (χ3n) is 2.42. The van der Waals surface area contributed by atoms with Gasteiger partial charge in [-0.25, -0.2) is 4.79 Å². The molecule has 0 aromatic carbocycles. The summed E-state index contributed by atoms with van der Waals surface area (Å²) >= 11 is 1.58. The van der Waals surface area contributed by atoms with Crippen LogP contribution in [-0.2, 0) is 10.3 Å². The van der Waals surface area contributed by atoms with Gasteiger partial charge in [-0.15, -0.1) is 11.3 Å². The maximum atomic E-state index is 11.6. The Bertz CT molecular complexity index is 401. The van der Waals surface area contributed by atoms with E-state index in [0.717, 1.165) is 4.88 Å². The van der Waals surface area contributed by atoms with Gasteiger partial charge in [0.1, 0.15) is 0 Å². The zero-order valence-electron chi connectivity index (χ0n) is 10.5. The largest absolute Gasteiger partial charge is 0.481 e. The molecule has 0 aliphatic heterocycles. The molecule has 0 bridgehead atoms. The monoisotopic (exact) mass is 270 g/mol. The number of carbonyl (C=O) groups is 2. The Morgan fingerprint density at radius 1 is 1.44 bits per heavy atom. The molecule has 0 saturated heterocycles. The molecule has 5 nitrogen and oxygen atoms in total. The molecular weight excluding hydrogens is 252 g/mol. The summed E-state index contributed by atoms with van der Waals surface area (Å²) < 4.78 is 0. The second-order valence-electron chi connectivity index (χ2n) is 4.48. The lowest BCUT2D eigenvalue weighted by Gasteiger charge is -2.25. The van der Waals surface area contributed by atoms with Gasteiger partial charge in [-0.3, -0.25) is 4.79 Å². The van der Waals surface area contributed by atoms with Crippen LogP contribution in [0.25, 0.3) is 0 Å². The molecule has 1 aromatic rings. The van der Waals surface area contributed by atoms with Crippen molar-refractivity contribution < 1.29 is 14.7 Å². The van der Waals surface area contributed by atoms with Crippen molar-refractivity contribution in [3.63, 3.8) is 0 Å². The van der Waals surface area contributed by atoms with Crippen LogP contribution >= 0.6 is 11.3 Å². The Kier molecular flexibility index (Phi) is 5.15. The molecule has 1 rings (SSSR count). The van der Waals surface area contributed by atoms with E-state index in [4.69, 9.17) is 5.11 Å². The summed E-state index contributed by atoms with van der Waals surface area (Å²) in [5.74, 6) is -0.851. The van der Waals surface area contributed by atoms with E-state index in [1.165, 1.54) is 0 Å². The quantitative estimate of drug-likeness (QED) is 0.693. The smallest absolute Gasteiger partial charge is 0.315 e. The normalized spacial score (nSPS) is 11.0. The van der Waals surface area contributed by atoms with Gasteiger partial charge in [-0.1, -0.05) is 6.07 Å². The number of hydrogen-bond acceptors (Lipinski definition) is 3. The topological polar surface area (TPSA) is 78.4 Å². The molecule has 6 heteroatoms. The van der Waals surface area contributed by atoms with Gasteiger partial charge < -0.3 is 15.7 Å². The highest BCUT2D eigenvalue weighted by Gasteiger charge is 2.23. The number of thiophene rings is 1. The van der Waals surface area contributed by atoms with Crippen molar-refractivity contribution >= 4 is 23.3 Å². The van der Waals surface area contributed by atoms with Crippen molar-refractivity contribution in [2.45, 2.75) is 32.2 Å². The maximum Gasteiger partial charge on any atom is 0.315 e. The number of rotatable bonds is 6. The fourth-order valence-corrected chi connectivity index (χ4v) is 2.27. The first-order valence-corrected chi connectivity index (χ1v) is 6.61. The van der Waals surface area contributed by atoms with E-state index < -0.39 is 11.5 Å². The summed E-state index contributed by atoms with van der Waals surface area (Å²) in [5.41, 5.74) is -0.426. The standard InChI is InChI=1S/C12H18N2O3S/c1-12(2,9-5-4-8-18-9)14-11(17)13-7-3-6-10(15)16/h4-5,8H,3,6-7H2,1-2H3,(H,15,16)(H2,13,14,17). The number of carbonyl (C=O) groups excluding carboxylic acids is 1. The van der Waals surface area contributed by atoms with Crippen molar-refractivity contribution in [2.75, 3.05) is 6.54 Å². The lowest BCUT2D eigenvalue weighted by molar-refractivity contribution is -0.137. The van der Waals surface area contributed by atoms with E-state index in [1.54, 1.807) is 11.3 Å². The number of nitrogens with one attached hydrogen (secondary N) is 2. The van der Waals surface area contributed by atoms with Crippen LogP contribution < -0.4 is 10.6 Å². The molecular formula is C12H18N2O3S. The van der Waals surface area contributed by atoms with E-state index in [-0.39, 0.29) is 12.5 Å². The number of hydrogen-bond donors (Lipinski definition) is 3. The van der Waals surface area contributed by atoms with Gasteiger partial charge in [0.2, 0.25) is 0 Å². The summed E-state index contributed by atoms with van der Waals surface area (Å²) in [4.78, 5) is 23.0. The van der Waals surface area contributed by atoms with E-state index in [2.05, 4.69) is 10.6 Å². The maximum absolute atomic E-state index is 11.6. The van der Waals surface area contributed by atoms with Crippen LogP contribution in [0, 0.1) is 0 Å². The SMILES string of the molecule is CC(C)(NC(=O)NCCCC(=O)O)c1cccs1. The molecule has 0 aliphatic carbocycles. The van der Waals surface area contributed by atoms with Gasteiger partial charge in [-0.05, 0) is 31.7 Å².